The first-order chi connectivity index (χ1) is 14.6. The quantitative estimate of drug-likeness (QED) is 0.520. The van der Waals surface area contributed by atoms with Gasteiger partial charge in [0.1, 0.15) is 6.04 Å². The highest BCUT2D eigenvalue weighted by Gasteiger charge is 2.20. The van der Waals surface area contributed by atoms with Crippen molar-refractivity contribution in [3.05, 3.63) is 95.8 Å². The summed E-state index contributed by atoms with van der Waals surface area (Å²) >= 11 is 1.56. The van der Waals surface area contributed by atoms with Crippen LogP contribution < -0.4 is 10.6 Å². The Morgan fingerprint density at radius 2 is 1.70 bits per heavy atom. The van der Waals surface area contributed by atoms with E-state index in [0.29, 0.717) is 12.3 Å². The van der Waals surface area contributed by atoms with Gasteiger partial charge in [-0.1, -0.05) is 54.6 Å². The Morgan fingerprint density at radius 3 is 2.43 bits per heavy atom. The molecule has 154 valence electrons. The van der Waals surface area contributed by atoms with Gasteiger partial charge in [0.25, 0.3) is 0 Å². The smallest absolute Gasteiger partial charge is 0.243 e. The fourth-order valence-electron chi connectivity index (χ4n) is 3.00. The van der Waals surface area contributed by atoms with Crippen molar-refractivity contribution >= 4 is 23.6 Å². The van der Waals surface area contributed by atoms with Gasteiger partial charge in [-0.05, 0) is 29.3 Å². The minimum atomic E-state index is -0.612. The fourth-order valence-corrected chi connectivity index (χ4v) is 4.08. The first kappa shape index (κ1) is 21.6. The molecule has 0 aliphatic carbocycles. The molecule has 0 fully saturated rings. The molecule has 2 N–H and O–H groups in total. The van der Waals surface area contributed by atoms with Crippen LogP contribution in [0, 0.1) is 0 Å². The number of carbonyl (C=O) groups excluding carboxylic acids is 2. The van der Waals surface area contributed by atoms with E-state index in [1.807, 2.05) is 66.7 Å². The summed E-state index contributed by atoms with van der Waals surface area (Å²) in [7, 11) is 0. The molecule has 3 rings (SSSR count). The van der Waals surface area contributed by atoms with Crippen LogP contribution in [0.1, 0.15) is 23.7 Å². The van der Waals surface area contributed by atoms with Gasteiger partial charge in [-0.25, -0.2) is 0 Å². The van der Waals surface area contributed by atoms with Crippen molar-refractivity contribution in [2.75, 3.05) is 5.75 Å². The van der Waals surface area contributed by atoms with Crippen LogP contribution in [0.3, 0.4) is 0 Å². The maximum Gasteiger partial charge on any atom is 0.243 e. The zero-order valence-corrected chi connectivity index (χ0v) is 17.7. The number of nitrogens with zero attached hydrogens (tertiary/aromatic N) is 1. The Bertz CT molecular complexity index is 964. The molecular formula is C24H25N3O2S. The third-order valence-electron chi connectivity index (χ3n) is 4.48. The number of benzene rings is 2. The molecule has 0 spiro atoms. The normalized spacial score (nSPS) is 11.5. The summed E-state index contributed by atoms with van der Waals surface area (Å²) in [5.74, 6) is 0.0281. The molecule has 2 aromatic carbocycles. The summed E-state index contributed by atoms with van der Waals surface area (Å²) in [5, 5.41) is 5.69. The number of pyridine rings is 1. The predicted octanol–water partition coefficient (Wildman–Crippen LogP) is 3.59. The van der Waals surface area contributed by atoms with Gasteiger partial charge in [0.15, 0.2) is 0 Å². The molecule has 0 radical (unpaired) electrons. The van der Waals surface area contributed by atoms with Crippen LogP contribution in [0.5, 0.6) is 0 Å². The minimum absolute atomic E-state index is 0.191. The van der Waals surface area contributed by atoms with E-state index in [9.17, 15) is 9.59 Å². The molecule has 0 unspecified atom stereocenters. The largest absolute Gasteiger partial charge is 0.350 e. The van der Waals surface area contributed by atoms with E-state index < -0.39 is 6.04 Å². The highest BCUT2D eigenvalue weighted by Crippen LogP contribution is 2.25. The van der Waals surface area contributed by atoms with Gasteiger partial charge >= 0.3 is 0 Å². The van der Waals surface area contributed by atoms with Crippen LogP contribution in [-0.4, -0.2) is 28.6 Å². The summed E-state index contributed by atoms with van der Waals surface area (Å²) in [5.41, 5.74) is 3.15. The number of nitrogens with one attached hydrogen (secondary N) is 2. The fraction of sp³-hybridized carbons (Fsp3) is 0.208. The molecule has 1 heterocycles. The maximum atomic E-state index is 12.7. The van der Waals surface area contributed by atoms with E-state index in [1.165, 1.54) is 6.92 Å². The summed E-state index contributed by atoms with van der Waals surface area (Å²) < 4.78 is 0. The first-order valence-corrected chi connectivity index (χ1v) is 10.8. The van der Waals surface area contributed by atoms with Crippen LogP contribution in [-0.2, 0) is 22.6 Å². The van der Waals surface area contributed by atoms with E-state index in [1.54, 1.807) is 18.0 Å². The second kappa shape index (κ2) is 11.2. The predicted molar refractivity (Wildman–Crippen MR) is 120 cm³/mol. The topological polar surface area (TPSA) is 71.1 Å². The molecule has 6 heteroatoms. The van der Waals surface area contributed by atoms with Crippen molar-refractivity contribution in [2.45, 2.75) is 30.8 Å². The Balaban J connectivity index is 1.64. The lowest BCUT2D eigenvalue weighted by molar-refractivity contribution is -0.127. The van der Waals surface area contributed by atoms with E-state index in [0.717, 1.165) is 28.1 Å². The SMILES string of the molecule is CC(=O)N[C@@H](CSc1ccccc1Cc1ccccn1)C(=O)NCc1ccccc1. The van der Waals surface area contributed by atoms with E-state index >= 15 is 0 Å². The Hall–Kier alpha value is -3.12. The molecule has 3 aromatic rings. The van der Waals surface area contributed by atoms with Crippen molar-refractivity contribution in [1.82, 2.24) is 15.6 Å². The highest BCUT2D eigenvalue weighted by atomic mass is 32.2. The van der Waals surface area contributed by atoms with Gasteiger partial charge in [0.05, 0.1) is 0 Å². The Labute approximate surface area is 181 Å². The van der Waals surface area contributed by atoms with Gasteiger partial charge in [-0.2, -0.15) is 0 Å². The lowest BCUT2D eigenvalue weighted by atomic mass is 10.1. The molecule has 0 aliphatic heterocycles. The average Bonchev–Trinajstić information content (AvgIpc) is 2.77. The zero-order chi connectivity index (χ0) is 21.2. The number of aromatic nitrogens is 1. The summed E-state index contributed by atoms with van der Waals surface area (Å²) in [6.45, 7) is 1.86. The van der Waals surface area contributed by atoms with E-state index in [2.05, 4.69) is 21.7 Å². The van der Waals surface area contributed by atoms with Gasteiger partial charge in [-0.3, -0.25) is 14.6 Å². The number of hydrogen-bond acceptors (Lipinski definition) is 4. The Morgan fingerprint density at radius 1 is 0.967 bits per heavy atom. The average molecular weight is 420 g/mol. The van der Waals surface area contributed by atoms with Crippen LogP contribution in [0.4, 0.5) is 0 Å². The lowest BCUT2D eigenvalue weighted by Crippen LogP contribution is -2.47. The van der Waals surface area contributed by atoms with E-state index in [4.69, 9.17) is 0 Å². The molecular weight excluding hydrogens is 394 g/mol. The lowest BCUT2D eigenvalue weighted by Gasteiger charge is -2.18. The number of amides is 2. The summed E-state index contributed by atoms with van der Waals surface area (Å²) in [4.78, 5) is 29.8. The van der Waals surface area contributed by atoms with Crippen molar-refractivity contribution in [3.63, 3.8) is 0 Å². The molecule has 1 atom stereocenters. The van der Waals surface area contributed by atoms with Crippen molar-refractivity contribution < 1.29 is 9.59 Å². The van der Waals surface area contributed by atoms with Gasteiger partial charge in [-0.15, -0.1) is 11.8 Å². The minimum Gasteiger partial charge on any atom is -0.350 e. The van der Waals surface area contributed by atoms with Gasteiger partial charge < -0.3 is 10.6 Å². The summed E-state index contributed by atoms with van der Waals surface area (Å²) in [6.07, 6.45) is 2.50. The highest BCUT2D eigenvalue weighted by molar-refractivity contribution is 7.99. The monoisotopic (exact) mass is 419 g/mol. The van der Waals surface area contributed by atoms with Gasteiger partial charge in [0.2, 0.25) is 11.8 Å². The molecule has 1 aromatic heterocycles. The van der Waals surface area contributed by atoms with Crippen molar-refractivity contribution in [2.24, 2.45) is 0 Å². The maximum absolute atomic E-state index is 12.7. The second-order valence-corrected chi connectivity index (χ2v) is 7.93. The molecule has 2 amide bonds. The molecule has 0 bridgehead atoms. The van der Waals surface area contributed by atoms with E-state index in [-0.39, 0.29) is 11.8 Å². The zero-order valence-electron chi connectivity index (χ0n) is 16.9. The van der Waals surface area contributed by atoms with Crippen molar-refractivity contribution in [3.8, 4) is 0 Å². The third-order valence-corrected chi connectivity index (χ3v) is 5.69. The van der Waals surface area contributed by atoms with Crippen LogP contribution in [0.15, 0.2) is 83.9 Å². The van der Waals surface area contributed by atoms with Gasteiger partial charge in [0, 0.05) is 42.4 Å². The number of hydrogen-bond donors (Lipinski definition) is 2. The van der Waals surface area contributed by atoms with Crippen LogP contribution in [0.2, 0.25) is 0 Å². The number of rotatable bonds is 9. The number of thioether (sulfide) groups is 1. The van der Waals surface area contributed by atoms with Crippen LogP contribution in [0.25, 0.3) is 0 Å². The Kier molecular flexibility index (Phi) is 8.03. The second-order valence-electron chi connectivity index (χ2n) is 6.87. The van der Waals surface area contributed by atoms with Crippen LogP contribution >= 0.6 is 11.8 Å². The third kappa shape index (κ3) is 6.74. The molecule has 0 aliphatic rings. The molecule has 0 saturated carbocycles. The molecule has 30 heavy (non-hydrogen) atoms. The number of carbonyl (C=O) groups is 2. The van der Waals surface area contributed by atoms with Crippen molar-refractivity contribution in [1.29, 1.82) is 0 Å². The standard InChI is InChI=1S/C24H25N3O2S/c1-18(28)27-22(24(29)26-16-19-9-3-2-4-10-19)17-30-23-13-6-5-11-20(23)15-21-12-7-8-14-25-21/h2-14,22H,15-17H2,1H3,(H,26,29)(H,27,28)/t22-/m0/s1. The summed E-state index contributed by atoms with van der Waals surface area (Å²) in [6, 6.07) is 23.1. The molecule has 5 nitrogen and oxygen atoms in total. The first-order valence-electron chi connectivity index (χ1n) is 9.81. The molecule has 0 saturated heterocycles.